The fraction of sp³-hybridized carbons (Fsp3) is 0.600. The molecule has 1 aromatic carbocycles. The summed E-state index contributed by atoms with van der Waals surface area (Å²) in [5.74, 6) is 0.608. The number of allylic oxidation sites excluding steroid dienone is 1. The molecular formula is C30H42O5. The Labute approximate surface area is 209 Å². The van der Waals surface area contributed by atoms with Gasteiger partial charge in [0.25, 0.3) is 6.47 Å². The van der Waals surface area contributed by atoms with Crippen LogP contribution in [0.3, 0.4) is 0 Å². The van der Waals surface area contributed by atoms with E-state index in [-0.39, 0.29) is 33.2 Å². The number of ether oxygens (including phenoxy) is 2. The van der Waals surface area contributed by atoms with Crippen molar-refractivity contribution >= 4 is 17.4 Å². The second-order valence-electron chi connectivity index (χ2n) is 12.7. The van der Waals surface area contributed by atoms with Crippen molar-refractivity contribution in [2.24, 2.45) is 27.1 Å². The number of carbonyl (C=O) groups excluding carboxylic acids is 1. The van der Waals surface area contributed by atoms with Gasteiger partial charge >= 0.3 is 5.63 Å². The molecule has 1 fully saturated rings. The average Bonchev–Trinajstić information content (AvgIpc) is 3.09. The molecular weight excluding hydrogens is 440 g/mol. The summed E-state index contributed by atoms with van der Waals surface area (Å²) < 4.78 is 16.8. The average molecular weight is 483 g/mol. The zero-order valence-corrected chi connectivity index (χ0v) is 22.9. The Bertz CT molecular complexity index is 1150. The monoisotopic (exact) mass is 482 g/mol. The molecule has 1 heterocycles. The minimum atomic E-state index is -0.396. The Balaban J connectivity index is 1.80. The van der Waals surface area contributed by atoms with E-state index in [1.165, 1.54) is 11.6 Å². The van der Waals surface area contributed by atoms with Crippen molar-refractivity contribution in [3.05, 3.63) is 52.9 Å². The van der Waals surface area contributed by atoms with E-state index in [2.05, 4.69) is 68.9 Å². The Morgan fingerprint density at radius 1 is 1.06 bits per heavy atom. The highest BCUT2D eigenvalue weighted by Gasteiger charge is 2.79. The van der Waals surface area contributed by atoms with Crippen molar-refractivity contribution in [1.82, 2.24) is 0 Å². The van der Waals surface area contributed by atoms with Gasteiger partial charge in [0.15, 0.2) is 0 Å². The van der Waals surface area contributed by atoms with Crippen LogP contribution in [0.25, 0.3) is 11.0 Å². The first kappa shape index (κ1) is 27.0. The van der Waals surface area contributed by atoms with E-state index in [0.717, 1.165) is 5.39 Å². The molecule has 1 saturated carbocycles. The Morgan fingerprint density at radius 3 is 2.20 bits per heavy atom. The van der Waals surface area contributed by atoms with Crippen LogP contribution in [0.5, 0.6) is 5.75 Å². The molecule has 1 aromatic heterocycles. The van der Waals surface area contributed by atoms with Gasteiger partial charge in [-0.3, -0.25) is 4.79 Å². The Morgan fingerprint density at radius 2 is 1.66 bits per heavy atom. The first-order chi connectivity index (χ1) is 16.0. The van der Waals surface area contributed by atoms with Crippen LogP contribution in [0, 0.1) is 27.1 Å². The molecule has 5 heteroatoms. The van der Waals surface area contributed by atoms with Crippen LogP contribution in [0.4, 0.5) is 0 Å². The van der Waals surface area contributed by atoms with Gasteiger partial charge in [-0.25, -0.2) is 4.79 Å². The predicted molar refractivity (Wildman–Crippen MR) is 141 cm³/mol. The van der Waals surface area contributed by atoms with Crippen molar-refractivity contribution in [2.75, 3.05) is 6.61 Å². The van der Waals surface area contributed by atoms with Crippen LogP contribution >= 0.6 is 0 Å². The minimum absolute atomic E-state index is 0.000835. The fourth-order valence-corrected chi connectivity index (χ4v) is 5.88. The number of rotatable bonds is 10. The summed E-state index contributed by atoms with van der Waals surface area (Å²) in [4.78, 5) is 23.0. The molecule has 0 N–H and O–H groups in total. The second-order valence-corrected chi connectivity index (χ2v) is 12.7. The van der Waals surface area contributed by atoms with E-state index in [1.54, 1.807) is 12.1 Å². The van der Waals surface area contributed by atoms with Gasteiger partial charge in [0.1, 0.15) is 17.4 Å². The summed E-state index contributed by atoms with van der Waals surface area (Å²) in [6.07, 6.45) is 0.937. The molecule has 1 unspecified atom stereocenters. The molecule has 0 amide bonds. The van der Waals surface area contributed by atoms with Gasteiger partial charge in [-0.1, -0.05) is 74.5 Å². The normalized spacial score (nSPS) is 19.1. The fourth-order valence-electron chi connectivity index (χ4n) is 5.88. The van der Waals surface area contributed by atoms with Crippen LogP contribution in [-0.4, -0.2) is 19.2 Å². The molecule has 0 aliphatic heterocycles. The second kappa shape index (κ2) is 8.83. The van der Waals surface area contributed by atoms with E-state index in [1.807, 2.05) is 12.1 Å². The van der Waals surface area contributed by atoms with E-state index < -0.39 is 5.63 Å². The van der Waals surface area contributed by atoms with Crippen molar-refractivity contribution in [3.8, 4) is 5.75 Å². The molecule has 0 spiro atoms. The van der Waals surface area contributed by atoms with Crippen LogP contribution < -0.4 is 10.4 Å². The molecule has 35 heavy (non-hydrogen) atoms. The zero-order valence-electron chi connectivity index (χ0n) is 22.9. The summed E-state index contributed by atoms with van der Waals surface area (Å²) in [6, 6.07) is 8.55. The first-order valence-electron chi connectivity index (χ1n) is 12.5. The maximum Gasteiger partial charge on any atom is 0.336 e. The largest absolute Gasteiger partial charge is 0.493 e. The molecule has 3 rings (SSSR count). The third-order valence-electron chi connectivity index (χ3n) is 9.86. The molecule has 2 aromatic rings. The van der Waals surface area contributed by atoms with Gasteiger partial charge in [-0.05, 0) is 46.3 Å². The van der Waals surface area contributed by atoms with Crippen molar-refractivity contribution in [1.29, 1.82) is 0 Å². The van der Waals surface area contributed by atoms with E-state index in [0.29, 0.717) is 37.3 Å². The summed E-state index contributed by atoms with van der Waals surface area (Å²) in [6.45, 7) is 26.1. The standard InChI is InChI=1S/C30H42O5/c1-20(27(5,6)26(2,3)4)30(28(7,8)29(30,9)10)18-23(34-19-31)15-16-33-22-13-11-21-12-14-25(32)35-24(21)17-22/h11-14,17,19,23H,1,15-16,18H2,2-10H3. The maximum absolute atomic E-state index is 11.5. The van der Waals surface area contributed by atoms with Gasteiger partial charge in [0.05, 0.1) is 6.61 Å². The van der Waals surface area contributed by atoms with Crippen LogP contribution in [0.1, 0.15) is 75.2 Å². The summed E-state index contributed by atoms with van der Waals surface area (Å²) in [5, 5.41) is 0.833. The Hall–Kier alpha value is -2.56. The predicted octanol–water partition coefficient (Wildman–Crippen LogP) is 7.17. The highest BCUT2D eigenvalue weighted by molar-refractivity contribution is 5.77. The topological polar surface area (TPSA) is 65.7 Å². The van der Waals surface area contributed by atoms with Crippen molar-refractivity contribution in [3.63, 3.8) is 0 Å². The molecule has 0 saturated heterocycles. The lowest BCUT2D eigenvalue weighted by atomic mass is 9.59. The van der Waals surface area contributed by atoms with E-state index in [9.17, 15) is 9.59 Å². The number of benzene rings is 1. The van der Waals surface area contributed by atoms with Crippen molar-refractivity contribution < 1.29 is 18.7 Å². The van der Waals surface area contributed by atoms with E-state index >= 15 is 0 Å². The van der Waals surface area contributed by atoms with Crippen LogP contribution in [-0.2, 0) is 9.53 Å². The summed E-state index contributed by atoms with van der Waals surface area (Å²) >= 11 is 0. The van der Waals surface area contributed by atoms with Crippen LogP contribution in [0.15, 0.2) is 51.7 Å². The molecule has 192 valence electrons. The Kier molecular flexibility index (Phi) is 6.82. The number of carbonyl (C=O) groups is 1. The lowest BCUT2D eigenvalue weighted by Crippen LogP contribution is -2.38. The molecule has 1 atom stereocenters. The molecule has 0 radical (unpaired) electrons. The summed E-state index contributed by atoms with van der Waals surface area (Å²) in [5.41, 5.74) is 1.04. The SMILES string of the molecule is C=C(C(C)(C)C(C)(C)C)C1(CC(CCOc2ccc3ccc(=O)oc3c2)OC=O)C(C)(C)C1(C)C. The third kappa shape index (κ3) is 4.32. The highest BCUT2D eigenvalue weighted by atomic mass is 16.5. The van der Waals surface area contributed by atoms with Crippen LogP contribution in [0.2, 0.25) is 0 Å². The smallest absolute Gasteiger partial charge is 0.336 e. The first-order valence-corrected chi connectivity index (χ1v) is 12.5. The minimum Gasteiger partial charge on any atom is -0.493 e. The number of hydrogen-bond acceptors (Lipinski definition) is 5. The highest BCUT2D eigenvalue weighted by Crippen LogP contribution is 2.84. The zero-order chi connectivity index (χ0) is 26.4. The van der Waals surface area contributed by atoms with Crippen molar-refractivity contribution in [2.45, 2.75) is 81.3 Å². The van der Waals surface area contributed by atoms with Gasteiger partial charge in [-0.15, -0.1) is 0 Å². The molecule has 1 aliphatic rings. The quantitative estimate of drug-likeness (QED) is 0.204. The van der Waals surface area contributed by atoms with Gasteiger partial charge in [-0.2, -0.15) is 0 Å². The maximum atomic E-state index is 11.5. The lowest BCUT2D eigenvalue weighted by Gasteiger charge is -2.46. The van der Waals surface area contributed by atoms with Gasteiger partial charge < -0.3 is 13.9 Å². The van der Waals surface area contributed by atoms with E-state index in [4.69, 9.17) is 13.9 Å². The third-order valence-corrected chi connectivity index (χ3v) is 9.86. The molecule has 1 aliphatic carbocycles. The summed E-state index contributed by atoms with van der Waals surface area (Å²) in [7, 11) is 0. The molecule has 5 nitrogen and oxygen atoms in total. The lowest BCUT2D eigenvalue weighted by molar-refractivity contribution is -0.135. The van der Waals surface area contributed by atoms with Gasteiger partial charge in [0.2, 0.25) is 0 Å². The van der Waals surface area contributed by atoms with Gasteiger partial charge in [0, 0.05) is 29.4 Å². The number of hydrogen-bond donors (Lipinski definition) is 0. The molecule has 0 bridgehead atoms. The number of fused-ring (bicyclic) bond motifs is 1.